The Kier molecular flexibility index (Phi) is 24.7. The van der Waals surface area contributed by atoms with Gasteiger partial charge in [-0.2, -0.15) is 0 Å². The lowest BCUT2D eigenvalue weighted by atomic mass is 10.1. The summed E-state index contributed by atoms with van der Waals surface area (Å²) in [6.45, 7) is 13.5. The van der Waals surface area contributed by atoms with Crippen LogP contribution in [0.2, 0.25) is 0 Å². The van der Waals surface area contributed by atoms with Gasteiger partial charge in [0.05, 0.1) is 12.4 Å². The first-order chi connectivity index (χ1) is 14.7. The number of carbonyl (C=O) groups excluding carboxylic acids is 1. The molecule has 3 unspecified atom stereocenters. The molecule has 1 amide bonds. The molecule has 1 rings (SSSR count). The molecule has 0 bridgehead atoms. The van der Waals surface area contributed by atoms with Crippen LogP contribution in [-0.2, 0) is 11.2 Å². The van der Waals surface area contributed by atoms with Crippen LogP contribution in [0.25, 0.3) is 0 Å². The Bertz CT molecular complexity index is 521. The van der Waals surface area contributed by atoms with Crippen molar-refractivity contribution in [1.82, 2.24) is 15.1 Å². The van der Waals surface area contributed by atoms with Gasteiger partial charge in [0.2, 0.25) is 6.41 Å². The van der Waals surface area contributed by atoms with E-state index in [4.69, 9.17) is 10.8 Å². The molecule has 0 aliphatic carbocycles. The van der Waals surface area contributed by atoms with Gasteiger partial charge in [-0.1, -0.05) is 71.0 Å². The summed E-state index contributed by atoms with van der Waals surface area (Å²) in [4.78, 5) is 14.5. The zero-order chi connectivity index (χ0) is 24.8. The number of aryl methyl sites for hydroxylation is 1. The van der Waals surface area contributed by atoms with Crippen LogP contribution in [0.5, 0.6) is 0 Å². The van der Waals surface area contributed by atoms with Crippen LogP contribution in [0.1, 0.15) is 59.4 Å². The van der Waals surface area contributed by atoms with E-state index in [9.17, 15) is 4.79 Å². The lowest BCUT2D eigenvalue weighted by Gasteiger charge is -2.33. The molecule has 0 aliphatic rings. The van der Waals surface area contributed by atoms with E-state index in [0.29, 0.717) is 0 Å². The number of nitrogens with one attached hydrogen (secondary N) is 1. The van der Waals surface area contributed by atoms with Crippen molar-refractivity contribution in [3.8, 4) is 0 Å². The Morgan fingerprint density at radius 2 is 1.58 bits per heavy atom. The topological polar surface area (TPSA) is 108 Å². The van der Waals surface area contributed by atoms with Gasteiger partial charge in [-0.3, -0.25) is 10.1 Å². The molecule has 0 saturated carbocycles. The lowest BCUT2D eigenvalue weighted by molar-refractivity contribution is -0.119. The zero-order valence-electron chi connectivity index (χ0n) is 21.1. The number of carbonyl (C=O) groups is 1. The molecule has 0 saturated heterocycles. The molecular formula is C24H49N5O2. The van der Waals surface area contributed by atoms with Gasteiger partial charge in [-0.15, -0.1) is 0 Å². The third-order valence-corrected chi connectivity index (χ3v) is 3.91. The maximum atomic E-state index is 11.1. The summed E-state index contributed by atoms with van der Waals surface area (Å²) in [5, 5.41) is 11.1. The third-order valence-electron chi connectivity index (χ3n) is 3.91. The minimum Gasteiger partial charge on any atom is -0.379 e. The molecule has 3 atom stereocenters. The van der Waals surface area contributed by atoms with Crippen molar-refractivity contribution < 1.29 is 9.90 Å². The quantitative estimate of drug-likeness (QED) is 0.240. The molecular weight excluding hydrogens is 390 g/mol. The minimum atomic E-state index is -0.667. The number of nitrogens with two attached hydrogens (primary N) is 2. The Morgan fingerprint density at radius 1 is 1.10 bits per heavy atom. The van der Waals surface area contributed by atoms with Crippen LogP contribution >= 0.6 is 0 Å². The highest BCUT2D eigenvalue weighted by Crippen LogP contribution is 2.09. The molecule has 0 spiro atoms. The molecule has 6 N–H and O–H groups in total. The highest BCUT2D eigenvalue weighted by molar-refractivity contribution is 5.48. The zero-order valence-corrected chi connectivity index (χ0v) is 21.1. The molecule has 0 radical (unpaired) electrons. The Morgan fingerprint density at radius 3 is 2.00 bits per heavy atom. The maximum Gasteiger partial charge on any atom is 0.211 e. The third kappa shape index (κ3) is 19.8. The van der Waals surface area contributed by atoms with E-state index in [1.807, 2.05) is 52.8 Å². The average Bonchev–Trinajstić information content (AvgIpc) is 2.77. The van der Waals surface area contributed by atoms with Crippen LogP contribution in [0.4, 0.5) is 0 Å². The number of likely N-dealkylation sites (N-methyl/N-ethyl adjacent to an activating group) is 2. The number of amides is 1. The predicted octanol–water partition coefficient (Wildman–Crippen LogP) is 3.10. The SMILES string of the molecule is C=C(C(NC(N)CCCCc1ccccc1)N(C)C=O)N(C)C.CC.CC.CC(N)O. The number of rotatable bonds is 11. The summed E-state index contributed by atoms with van der Waals surface area (Å²) < 4.78 is 0. The van der Waals surface area contributed by atoms with Gasteiger partial charge in [0.25, 0.3) is 0 Å². The Hall–Kier alpha value is -1.93. The molecule has 1 aromatic carbocycles. The van der Waals surface area contributed by atoms with E-state index in [-0.39, 0.29) is 12.3 Å². The van der Waals surface area contributed by atoms with Crippen molar-refractivity contribution in [3.05, 3.63) is 48.2 Å². The number of hydrogen-bond donors (Lipinski definition) is 4. The number of unbranched alkanes of at least 4 members (excludes halogenated alkanes) is 1. The summed E-state index contributed by atoms with van der Waals surface area (Å²) in [5.74, 6) is 0. The standard InChI is InChI=1S/C18H30N4O.C2H7NO.2C2H6/c1-15(21(2)3)18(22(4)14-23)20-17(19)13-9-8-12-16-10-6-5-7-11-16;1-2(3)4;2*1-2/h5-7,10-11,14,17-18,20H,1,8-9,12-13,19H2,2-4H3;2,4H,3H2,1H3;2*1-2H3. The van der Waals surface area contributed by atoms with Crippen molar-refractivity contribution in [2.75, 3.05) is 21.1 Å². The number of nitrogens with zero attached hydrogens (tertiary/aromatic N) is 2. The van der Waals surface area contributed by atoms with Crippen LogP contribution < -0.4 is 16.8 Å². The largest absolute Gasteiger partial charge is 0.379 e. The van der Waals surface area contributed by atoms with E-state index in [0.717, 1.165) is 37.8 Å². The van der Waals surface area contributed by atoms with Crippen LogP contribution in [0.15, 0.2) is 42.6 Å². The van der Waals surface area contributed by atoms with E-state index in [2.05, 4.69) is 41.9 Å². The Balaban J connectivity index is -0.000000855. The first-order valence-corrected chi connectivity index (χ1v) is 11.2. The van der Waals surface area contributed by atoms with Crippen molar-refractivity contribution in [2.45, 2.75) is 78.9 Å². The van der Waals surface area contributed by atoms with Gasteiger partial charge >= 0.3 is 0 Å². The molecule has 31 heavy (non-hydrogen) atoms. The van der Waals surface area contributed by atoms with E-state index in [1.165, 1.54) is 12.5 Å². The van der Waals surface area contributed by atoms with Gasteiger partial charge in [0.1, 0.15) is 6.17 Å². The molecule has 1 aromatic rings. The van der Waals surface area contributed by atoms with Crippen molar-refractivity contribution in [1.29, 1.82) is 0 Å². The molecule has 0 fully saturated rings. The second kappa shape index (κ2) is 22.7. The van der Waals surface area contributed by atoms with Crippen molar-refractivity contribution >= 4 is 6.41 Å². The number of aliphatic hydroxyl groups excluding tert-OH is 1. The van der Waals surface area contributed by atoms with E-state index >= 15 is 0 Å². The average molecular weight is 440 g/mol. The van der Waals surface area contributed by atoms with E-state index in [1.54, 1.807) is 11.9 Å². The van der Waals surface area contributed by atoms with E-state index < -0.39 is 6.23 Å². The summed E-state index contributed by atoms with van der Waals surface area (Å²) in [6.07, 6.45) is 3.72. The molecule has 0 aliphatic heterocycles. The lowest BCUT2D eigenvalue weighted by Crippen LogP contribution is -2.53. The fourth-order valence-corrected chi connectivity index (χ4v) is 2.38. The number of hydrogen-bond acceptors (Lipinski definition) is 6. The molecule has 0 aromatic heterocycles. The van der Waals surface area contributed by atoms with Crippen LogP contribution in [-0.4, -0.2) is 61.0 Å². The molecule has 0 heterocycles. The maximum absolute atomic E-state index is 11.1. The van der Waals surface area contributed by atoms with Gasteiger partial charge in [0, 0.05) is 26.8 Å². The smallest absolute Gasteiger partial charge is 0.211 e. The summed E-state index contributed by atoms with van der Waals surface area (Å²) in [7, 11) is 5.53. The minimum absolute atomic E-state index is 0.171. The first kappa shape index (κ1) is 33.7. The normalized spacial score (nSPS) is 12.2. The summed E-state index contributed by atoms with van der Waals surface area (Å²) in [6, 6.07) is 10.5. The van der Waals surface area contributed by atoms with Crippen molar-refractivity contribution in [2.24, 2.45) is 11.5 Å². The second-order valence-electron chi connectivity index (χ2n) is 6.80. The number of aliphatic hydroxyl groups is 1. The molecule has 182 valence electrons. The predicted molar refractivity (Wildman–Crippen MR) is 134 cm³/mol. The summed E-state index contributed by atoms with van der Waals surface area (Å²) in [5.41, 5.74) is 13.0. The first-order valence-electron chi connectivity index (χ1n) is 11.2. The monoisotopic (exact) mass is 439 g/mol. The van der Waals surface area contributed by atoms with Gasteiger partial charge < -0.3 is 26.4 Å². The highest BCUT2D eigenvalue weighted by atomic mass is 16.3. The van der Waals surface area contributed by atoms with Crippen molar-refractivity contribution in [3.63, 3.8) is 0 Å². The van der Waals surface area contributed by atoms with Crippen LogP contribution in [0, 0.1) is 0 Å². The summed E-state index contributed by atoms with van der Waals surface area (Å²) >= 11 is 0. The highest BCUT2D eigenvalue weighted by Gasteiger charge is 2.20. The van der Waals surface area contributed by atoms with Gasteiger partial charge in [-0.25, -0.2) is 0 Å². The van der Waals surface area contributed by atoms with Gasteiger partial charge in [-0.05, 0) is 31.7 Å². The Labute approximate surface area is 191 Å². The number of benzene rings is 1. The fourth-order valence-electron chi connectivity index (χ4n) is 2.38. The molecule has 7 nitrogen and oxygen atoms in total. The second-order valence-corrected chi connectivity index (χ2v) is 6.80. The molecule has 7 heteroatoms. The van der Waals surface area contributed by atoms with Crippen LogP contribution in [0.3, 0.4) is 0 Å². The van der Waals surface area contributed by atoms with Gasteiger partial charge in [0.15, 0.2) is 0 Å². The fraction of sp³-hybridized carbons (Fsp3) is 0.625.